The summed E-state index contributed by atoms with van der Waals surface area (Å²) >= 11 is 12.0. The first kappa shape index (κ1) is 27.6. The van der Waals surface area contributed by atoms with E-state index in [4.69, 9.17) is 39.4 Å². The van der Waals surface area contributed by atoms with E-state index in [-0.39, 0.29) is 38.7 Å². The minimum Gasteiger partial charge on any atom is -0.425 e. The molecule has 0 aliphatic heterocycles. The zero-order valence-corrected chi connectivity index (χ0v) is 21.2. The van der Waals surface area contributed by atoms with Gasteiger partial charge in [0, 0.05) is 27.9 Å². The third kappa shape index (κ3) is 5.70. The SMILES string of the molecule is NCCCC[C@@H](N)C(=O)Oc1cc(Cl)ccc1-c1c[nH]c2c(-c3ccc(Cl)cc3)c(C(F)(F)F)nn2c1=O. The van der Waals surface area contributed by atoms with Crippen LogP contribution >= 0.6 is 23.2 Å². The van der Waals surface area contributed by atoms with Crippen LogP contribution in [0, 0.1) is 0 Å². The number of H-pyrrole nitrogens is 1. The molecule has 2 heterocycles. The largest absolute Gasteiger partial charge is 0.435 e. The second kappa shape index (κ2) is 11.2. The number of fused-ring (bicyclic) bond motifs is 1. The number of esters is 1. The number of halogens is 5. The highest BCUT2D eigenvalue weighted by Gasteiger charge is 2.39. The number of hydrogen-bond donors (Lipinski definition) is 3. The molecule has 0 amide bonds. The normalized spacial score (nSPS) is 12.6. The third-order valence-corrected chi connectivity index (χ3v) is 6.27. The van der Waals surface area contributed by atoms with Crippen LogP contribution < -0.4 is 21.8 Å². The summed E-state index contributed by atoms with van der Waals surface area (Å²) in [5.74, 6) is -0.839. The first-order valence-corrected chi connectivity index (χ1v) is 12.2. The van der Waals surface area contributed by atoms with E-state index in [0.29, 0.717) is 35.3 Å². The fourth-order valence-electron chi connectivity index (χ4n) is 3.91. The van der Waals surface area contributed by atoms with Crippen LogP contribution in [-0.2, 0) is 11.0 Å². The van der Waals surface area contributed by atoms with Gasteiger partial charge in [-0.25, -0.2) is 4.79 Å². The van der Waals surface area contributed by atoms with Crippen LogP contribution in [-0.4, -0.2) is 33.2 Å². The molecule has 4 rings (SSSR count). The number of benzene rings is 2. The highest BCUT2D eigenvalue weighted by molar-refractivity contribution is 6.31. The van der Waals surface area contributed by atoms with E-state index in [1.807, 2.05) is 0 Å². The van der Waals surface area contributed by atoms with Gasteiger partial charge in [0.15, 0.2) is 5.69 Å². The van der Waals surface area contributed by atoms with Crippen LogP contribution in [0.4, 0.5) is 13.2 Å². The van der Waals surface area contributed by atoms with Crippen molar-refractivity contribution in [2.45, 2.75) is 31.5 Å². The number of ether oxygens (including phenoxy) is 1. The molecule has 0 saturated carbocycles. The highest BCUT2D eigenvalue weighted by atomic mass is 35.5. The Hall–Kier alpha value is -3.38. The number of alkyl halides is 3. The van der Waals surface area contributed by atoms with Crippen LogP contribution in [0.5, 0.6) is 5.75 Å². The standard InChI is InChI=1S/C25H22Cl2F3N5O3/c26-14-6-4-13(5-7-14)20-21(25(28,29)30)34-35-22(20)33-12-17(23(35)36)16-9-8-15(27)11-19(16)38-24(37)18(32)3-1-2-10-31/h4-9,11-12,18,33H,1-3,10,31-32H2/t18-/m1/s1. The maximum absolute atomic E-state index is 13.9. The van der Waals surface area contributed by atoms with Crippen molar-refractivity contribution in [2.24, 2.45) is 11.5 Å². The Morgan fingerprint density at radius 3 is 2.42 bits per heavy atom. The Morgan fingerprint density at radius 1 is 1.08 bits per heavy atom. The first-order chi connectivity index (χ1) is 18.0. The van der Waals surface area contributed by atoms with Gasteiger partial charge in [0.25, 0.3) is 5.56 Å². The van der Waals surface area contributed by atoms with E-state index in [9.17, 15) is 22.8 Å². The van der Waals surface area contributed by atoms with Gasteiger partial charge in [0.2, 0.25) is 0 Å². The van der Waals surface area contributed by atoms with Crippen LogP contribution in [0.2, 0.25) is 10.0 Å². The number of rotatable bonds is 8. The summed E-state index contributed by atoms with van der Waals surface area (Å²) in [5, 5.41) is 4.13. The molecule has 2 aromatic carbocycles. The second-order valence-corrected chi connectivity index (χ2v) is 9.32. The van der Waals surface area contributed by atoms with Crippen molar-refractivity contribution in [3.63, 3.8) is 0 Å². The molecule has 0 aliphatic rings. The molecule has 4 aromatic rings. The van der Waals surface area contributed by atoms with Crippen molar-refractivity contribution in [1.29, 1.82) is 0 Å². The topological polar surface area (TPSA) is 128 Å². The summed E-state index contributed by atoms with van der Waals surface area (Å²) in [5.41, 5.74) is 8.92. The van der Waals surface area contributed by atoms with E-state index in [0.717, 1.165) is 0 Å². The molecular weight excluding hydrogens is 546 g/mol. The molecule has 0 spiro atoms. The molecule has 0 saturated heterocycles. The number of nitrogens with one attached hydrogen (secondary N) is 1. The quantitative estimate of drug-likeness (QED) is 0.155. The number of carbonyl (C=O) groups excluding carboxylic acids is 1. The molecule has 8 nitrogen and oxygen atoms in total. The summed E-state index contributed by atoms with van der Waals surface area (Å²) in [7, 11) is 0. The number of hydrogen-bond acceptors (Lipinski definition) is 6. The molecule has 1 atom stereocenters. The number of aromatic amines is 1. The van der Waals surface area contributed by atoms with Gasteiger partial charge in [0.05, 0.1) is 11.1 Å². The van der Waals surface area contributed by atoms with Crippen molar-refractivity contribution in [1.82, 2.24) is 14.6 Å². The molecule has 0 radical (unpaired) electrons. The number of unbranched alkanes of at least 4 members (excludes halogenated alkanes) is 1. The van der Waals surface area contributed by atoms with Crippen LogP contribution in [0.1, 0.15) is 25.0 Å². The van der Waals surface area contributed by atoms with E-state index < -0.39 is 29.4 Å². The molecule has 13 heteroatoms. The lowest BCUT2D eigenvalue weighted by Crippen LogP contribution is -2.34. The van der Waals surface area contributed by atoms with E-state index >= 15 is 0 Å². The number of nitrogens with two attached hydrogens (primary N) is 2. The fourth-order valence-corrected chi connectivity index (χ4v) is 4.20. The minimum atomic E-state index is -4.86. The van der Waals surface area contributed by atoms with Gasteiger partial charge in [-0.1, -0.05) is 41.8 Å². The van der Waals surface area contributed by atoms with Gasteiger partial charge in [-0.15, -0.1) is 0 Å². The highest BCUT2D eigenvalue weighted by Crippen LogP contribution is 2.39. The minimum absolute atomic E-state index is 0.0808. The number of carbonyl (C=O) groups is 1. The monoisotopic (exact) mass is 567 g/mol. The smallest absolute Gasteiger partial charge is 0.425 e. The van der Waals surface area contributed by atoms with E-state index in [1.165, 1.54) is 48.7 Å². The Kier molecular flexibility index (Phi) is 8.12. The van der Waals surface area contributed by atoms with Gasteiger partial charge in [0.1, 0.15) is 17.4 Å². The van der Waals surface area contributed by atoms with Gasteiger partial charge in [-0.05, 0) is 49.2 Å². The average Bonchev–Trinajstić information content (AvgIpc) is 3.27. The summed E-state index contributed by atoms with van der Waals surface area (Å²) in [6.07, 6.45) is -2.01. The Morgan fingerprint density at radius 2 is 1.76 bits per heavy atom. The number of nitrogens with zero attached hydrogens (tertiary/aromatic N) is 2. The molecule has 0 aliphatic carbocycles. The molecule has 0 unspecified atom stereocenters. The zero-order valence-electron chi connectivity index (χ0n) is 19.7. The van der Waals surface area contributed by atoms with E-state index in [1.54, 1.807) is 0 Å². The Balaban J connectivity index is 1.81. The summed E-state index contributed by atoms with van der Waals surface area (Å²) in [4.78, 5) is 28.7. The fraction of sp³-hybridized carbons (Fsp3) is 0.240. The van der Waals surface area contributed by atoms with Gasteiger partial charge in [-0.3, -0.25) is 4.79 Å². The van der Waals surface area contributed by atoms with Crippen molar-refractivity contribution in [3.05, 3.63) is 74.8 Å². The van der Waals surface area contributed by atoms with Crippen molar-refractivity contribution >= 4 is 34.8 Å². The predicted octanol–water partition coefficient (Wildman–Crippen LogP) is 5.04. The van der Waals surface area contributed by atoms with Crippen LogP contribution in [0.25, 0.3) is 27.9 Å². The molecule has 0 fully saturated rings. The zero-order chi connectivity index (χ0) is 27.6. The van der Waals surface area contributed by atoms with Crippen molar-refractivity contribution in [2.75, 3.05) is 6.54 Å². The Bertz CT molecular complexity index is 1530. The van der Waals surface area contributed by atoms with Crippen LogP contribution in [0.3, 0.4) is 0 Å². The van der Waals surface area contributed by atoms with Crippen molar-refractivity contribution < 1.29 is 22.7 Å². The lowest BCUT2D eigenvalue weighted by Gasteiger charge is -2.14. The molecule has 200 valence electrons. The van der Waals surface area contributed by atoms with Crippen molar-refractivity contribution in [3.8, 4) is 28.0 Å². The maximum Gasteiger partial charge on any atom is 0.435 e. The summed E-state index contributed by atoms with van der Waals surface area (Å²) < 4.78 is 47.9. The van der Waals surface area contributed by atoms with Gasteiger partial charge < -0.3 is 21.2 Å². The molecular formula is C25H22Cl2F3N5O3. The maximum atomic E-state index is 13.9. The van der Waals surface area contributed by atoms with Crippen LogP contribution in [0.15, 0.2) is 53.5 Å². The summed E-state index contributed by atoms with van der Waals surface area (Å²) in [6.45, 7) is 0.453. The molecule has 2 aromatic heterocycles. The second-order valence-electron chi connectivity index (χ2n) is 8.45. The molecule has 38 heavy (non-hydrogen) atoms. The Labute approximate surface area is 224 Å². The summed E-state index contributed by atoms with van der Waals surface area (Å²) in [6, 6.07) is 8.88. The van der Waals surface area contributed by atoms with Gasteiger partial charge in [-0.2, -0.15) is 22.8 Å². The molecule has 5 N–H and O–H groups in total. The predicted molar refractivity (Wildman–Crippen MR) is 138 cm³/mol. The lowest BCUT2D eigenvalue weighted by atomic mass is 10.0. The first-order valence-electron chi connectivity index (χ1n) is 11.5. The number of aromatic nitrogens is 3. The van der Waals surface area contributed by atoms with Gasteiger partial charge >= 0.3 is 12.1 Å². The van der Waals surface area contributed by atoms with E-state index in [2.05, 4.69) is 10.1 Å². The lowest BCUT2D eigenvalue weighted by molar-refractivity contribution is -0.140. The molecule has 0 bridgehead atoms. The third-order valence-electron chi connectivity index (χ3n) is 5.78. The average molecular weight is 568 g/mol.